The summed E-state index contributed by atoms with van der Waals surface area (Å²) in [6.45, 7) is 7.36. The summed E-state index contributed by atoms with van der Waals surface area (Å²) in [5, 5.41) is -0.858. The third-order valence-electron chi connectivity index (χ3n) is 2.65. The normalized spacial score (nSPS) is 24.6. The Morgan fingerprint density at radius 1 is 1.27 bits per heavy atom. The Balaban J connectivity index is -0.000000480. The first-order valence-corrected chi connectivity index (χ1v) is 5.02. The number of allylic oxidation sites excluding steroid dienone is 4. The molecule has 2 unspecified atom stereocenters. The molecule has 1 radical (unpaired) electrons. The van der Waals surface area contributed by atoms with Crippen molar-refractivity contribution in [2.75, 3.05) is 0 Å². The second kappa shape index (κ2) is 7.11. The Morgan fingerprint density at radius 3 is 1.80 bits per heavy atom. The van der Waals surface area contributed by atoms with E-state index in [0.29, 0.717) is 0 Å². The quantitative estimate of drug-likeness (QED) is 0.552. The average molecular weight is 307 g/mol. The van der Waals surface area contributed by atoms with Crippen molar-refractivity contribution in [3.63, 3.8) is 0 Å². The average Bonchev–Trinajstić information content (AvgIpc) is 2.17. The van der Waals surface area contributed by atoms with Gasteiger partial charge < -0.3 is 4.89 Å². The molecule has 0 saturated heterocycles. The van der Waals surface area contributed by atoms with Crippen LogP contribution in [0.1, 0.15) is 27.7 Å². The van der Waals surface area contributed by atoms with Crippen LogP contribution in [0.25, 0.3) is 0 Å². The summed E-state index contributed by atoms with van der Waals surface area (Å²) in [5.74, 6) is 0. The van der Waals surface area contributed by atoms with Gasteiger partial charge in [-0.2, -0.15) is 5.57 Å². The molecule has 1 rings (SSSR count). The van der Waals surface area contributed by atoms with E-state index >= 15 is 0 Å². The summed E-state index contributed by atoms with van der Waals surface area (Å²) in [5.41, 5.74) is 2.90. The van der Waals surface area contributed by atoms with Crippen LogP contribution in [0.15, 0.2) is 16.7 Å². The van der Waals surface area contributed by atoms with Gasteiger partial charge in [0.2, 0.25) is 0 Å². The molecule has 0 aromatic heterocycles. The van der Waals surface area contributed by atoms with Gasteiger partial charge in [-0.25, -0.2) is 11.6 Å². The van der Waals surface area contributed by atoms with Gasteiger partial charge in [0.1, 0.15) is 5.16 Å². The topological polar surface area (TPSA) is 40.1 Å². The van der Waals surface area contributed by atoms with Gasteiger partial charge >= 0.3 is 8.03 Å². The summed E-state index contributed by atoms with van der Waals surface area (Å²) in [6.07, 6.45) is 2.98. The largest absolute Gasteiger partial charge is 0.596 e. The van der Waals surface area contributed by atoms with Gasteiger partial charge in [-0.05, 0) is 6.92 Å². The molecule has 0 fully saturated rings. The van der Waals surface area contributed by atoms with Crippen LogP contribution < -0.4 is 4.89 Å². The van der Waals surface area contributed by atoms with Crippen molar-refractivity contribution in [3.05, 3.63) is 22.8 Å². The van der Waals surface area contributed by atoms with Crippen molar-refractivity contribution in [1.29, 1.82) is 0 Å². The molecule has 1 aliphatic carbocycles. The van der Waals surface area contributed by atoms with Crippen molar-refractivity contribution in [1.82, 2.24) is 0 Å². The summed E-state index contributed by atoms with van der Waals surface area (Å²) < 4.78 is 11.0. The molecule has 0 N–H and O–H groups in total. The Labute approximate surface area is 116 Å². The fraction of sp³-hybridized carbons (Fsp3) is 0.556. The summed E-state index contributed by atoms with van der Waals surface area (Å²) in [7, 11) is -2.47. The van der Waals surface area contributed by atoms with Gasteiger partial charge in [0.05, 0.1) is 0 Å². The van der Waals surface area contributed by atoms with Crippen LogP contribution in [0.3, 0.4) is 0 Å². The molecule has 0 aromatic carbocycles. The minimum Gasteiger partial charge on any atom is -0.596 e. The molecule has 0 bridgehead atoms. The van der Waals surface area contributed by atoms with E-state index < -0.39 is 13.2 Å². The zero-order valence-electron chi connectivity index (χ0n) is 9.03. The Bertz CT molecular complexity index is 315. The van der Waals surface area contributed by atoms with Crippen LogP contribution in [-0.4, -0.2) is 5.16 Å². The fourth-order valence-electron chi connectivity index (χ4n) is 1.38. The SMILES string of the molecule is CC1=[C-]C(C)([P+](=O)[O-])C(C)=C1C.Cl.Cl.[V]. The predicted octanol–water partition coefficient (Wildman–Crippen LogP) is 2.79. The molecule has 0 aliphatic heterocycles. The molecule has 6 heteroatoms. The first kappa shape index (κ1) is 21.0. The van der Waals surface area contributed by atoms with Crippen LogP contribution in [0, 0.1) is 6.08 Å². The maximum atomic E-state index is 11.0. The molecule has 0 spiro atoms. The van der Waals surface area contributed by atoms with Crippen molar-refractivity contribution >= 4 is 32.8 Å². The van der Waals surface area contributed by atoms with Crippen LogP contribution in [0.5, 0.6) is 0 Å². The number of halogens is 2. The predicted molar refractivity (Wildman–Crippen MR) is 61.3 cm³/mol. The minimum atomic E-state index is -2.47. The standard InChI is InChI=1S/C9H12O2P.2ClH.V/c1-6-5-9(4,12(10)11)8(3)7(6)2;;;/h1-4H3;2*1H;/q-1;;;. The molecule has 0 saturated carbocycles. The molecule has 0 amide bonds. The zero-order valence-corrected chi connectivity index (χ0v) is 13.0. The maximum absolute atomic E-state index is 11.0. The van der Waals surface area contributed by atoms with E-state index in [-0.39, 0.29) is 43.4 Å². The van der Waals surface area contributed by atoms with Gasteiger partial charge in [-0.3, -0.25) is 0 Å². The minimum absolute atomic E-state index is 0. The fourth-order valence-corrected chi connectivity index (χ4v) is 2.08. The van der Waals surface area contributed by atoms with Crippen molar-refractivity contribution in [2.45, 2.75) is 32.9 Å². The zero-order chi connectivity index (χ0) is 9.52. The summed E-state index contributed by atoms with van der Waals surface area (Å²) >= 11 is 0. The molecule has 1 aliphatic rings. The Hall–Kier alpha value is 0.704. The van der Waals surface area contributed by atoms with Gasteiger partial charge in [0, 0.05) is 18.6 Å². The van der Waals surface area contributed by atoms with Gasteiger partial charge in [-0.1, -0.05) is 18.4 Å². The summed E-state index contributed by atoms with van der Waals surface area (Å²) in [6, 6.07) is 0. The molecule has 15 heavy (non-hydrogen) atoms. The van der Waals surface area contributed by atoms with Gasteiger partial charge in [-0.15, -0.1) is 37.3 Å². The second-order valence-electron chi connectivity index (χ2n) is 3.33. The number of hydrogen-bond acceptors (Lipinski definition) is 2. The third-order valence-corrected chi connectivity index (χ3v) is 3.83. The van der Waals surface area contributed by atoms with E-state index in [9.17, 15) is 9.46 Å². The van der Waals surface area contributed by atoms with Gasteiger partial charge in [0.15, 0.2) is 0 Å². The van der Waals surface area contributed by atoms with Crippen molar-refractivity contribution < 1.29 is 28.0 Å². The number of rotatable bonds is 1. The maximum Gasteiger partial charge on any atom is 0.302 e. The van der Waals surface area contributed by atoms with E-state index in [0.717, 1.165) is 16.7 Å². The van der Waals surface area contributed by atoms with E-state index in [4.69, 9.17) is 0 Å². The van der Waals surface area contributed by atoms with E-state index in [1.807, 2.05) is 20.8 Å². The molecule has 0 heterocycles. The first-order valence-electron chi connectivity index (χ1n) is 3.84. The molecule has 0 aromatic rings. The van der Waals surface area contributed by atoms with E-state index in [1.165, 1.54) is 0 Å². The second-order valence-corrected chi connectivity index (χ2v) is 4.74. The van der Waals surface area contributed by atoms with Crippen LogP contribution >= 0.6 is 32.8 Å². The van der Waals surface area contributed by atoms with E-state index in [2.05, 4.69) is 6.08 Å². The van der Waals surface area contributed by atoms with Crippen LogP contribution in [-0.2, 0) is 23.1 Å². The molecular weight excluding hydrogens is 293 g/mol. The van der Waals surface area contributed by atoms with Crippen LogP contribution in [0.4, 0.5) is 0 Å². The molecule has 2 nitrogen and oxygen atoms in total. The van der Waals surface area contributed by atoms with Crippen molar-refractivity contribution in [2.24, 2.45) is 0 Å². The van der Waals surface area contributed by atoms with Crippen molar-refractivity contribution in [3.8, 4) is 0 Å². The monoisotopic (exact) mass is 306 g/mol. The summed E-state index contributed by atoms with van der Waals surface area (Å²) in [4.78, 5) is 11.0. The number of hydrogen-bond donors (Lipinski definition) is 0. The third kappa shape index (κ3) is 3.59. The van der Waals surface area contributed by atoms with Gasteiger partial charge in [0.25, 0.3) is 0 Å². The van der Waals surface area contributed by atoms with Crippen LogP contribution in [0.2, 0.25) is 0 Å². The molecule has 2 atom stereocenters. The first-order chi connectivity index (χ1) is 5.39. The smallest absolute Gasteiger partial charge is 0.302 e. The Kier molecular flexibility index (Phi) is 9.98. The Morgan fingerprint density at radius 2 is 1.67 bits per heavy atom. The molecular formula is C9H14Cl2O2PV-. The molecule has 87 valence electrons. The van der Waals surface area contributed by atoms with E-state index in [1.54, 1.807) is 6.92 Å².